The molecule has 38 heavy (non-hydrogen) atoms. The van der Waals surface area contributed by atoms with Gasteiger partial charge in [0.05, 0.1) is 48.3 Å². The molecule has 2 aliphatic rings. The number of carboxylic acid groups (broad SMARTS) is 1. The molecule has 4 rings (SSSR count). The highest BCUT2D eigenvalue weighted by atomic mass is 16.5. The zero-order valence-corrected chi connectivity index (χ0v) is 22.9. The van der Waals surface area contributed by atoms with Gasteiger partial charge in [-0.15, -0.1) is 0 Å². The van der Waals surface area contributed by atoms with Crippen molar-refractivity contribution < 1.29 is 38.3 Å². The number of hydrogen-bond acceptors (Lipinski definition) is 7. The summed E-state index contributed by atoms with van der Waals surface area (Å²) < 4.78 is 34.1. The summed E-state index contributed by atoms with van der Waals surface area (Å²) in [6.07, 6.45) is 4.53. The van der Waals surface area contributed by atoms with E-state index in [1.807, 2.05) is 30.3 Å². The summed E-state index contributed by atoms with van der Waals surface area (Å²) in [5.41, 5.74) is 3.64. The highest BCUT2D eigenvalue weighted by Crippen LogP contribution is 2.49. The Morgan fingerprint density at radius 1 is 0.842 bits per heavy atom. The predicted octanol–water partition coefficient (Wildman–Crippen LogP) is 5.62. The van der Waals surface area contributed by atoms with E-state index in [1.165, 1.54) is 0 Å². The number of hydrogen-bond donors (Lipinski definition) is 1. The third-order valence-electron chi connectivity index (χ3n) is 7.77. The van der Waals surface area contributed by atoms with Crippen LogP contribution in [0.5, 0.6) is 28.7 Å². The summed E-state index contributed by atoms with van der Waals surface area (Å²) in [4.78, 5) is 12.1. The van der Waals surface area contributed by atoms with Crippen molar-refractivity contribution in [1.29, 1.82) is 0 Å². The Bertz CT molecular complexity index is 1150. The van der Waals surface area contributed by atoms with Gasteiger partial charge >= 0.3 is 5.97 Å². The summed E-state index contributed by atoms with van der Waals surface area (Å²) in [5.74, 6) is 2.45. The molecule has 0 aromatic heterocycles. The Morgan fingerprint density at radius 3 is 2.11 bits per heavy atom. The highest BCUT2D eigenvalue weighted by molar-refractivity contribution is 5.87. The molecule has 1 aliphatic heterocycles. The number of allylic oxidation sites excluding steroid dienone is 1. The standard InChI is InChI=1S/C30H38O8/c1-33-24-11-10-18(13-25(24)34-2)12-21-17-38-28(20-15-26(35-3)29(37-5)27(16-20)36-4)23(21)14-19-8-6-7-9-22(19)30(31)32/h10-11,13,15-16,21,23,28H,6-9,12,14,17H2,1-5H3,(H,31,32)/t21-,23+,28+/m0/s1. The average molecular weight is 527 g/mol. The second kappa shape index (κ2) is 12.4. The van der Waals surface area contributed by atoms with E-state index in [2.05, 4.69) is 0 Å². The van der Waals surface area contributed by atoms with E-state index in [1.54, 1.807) is 35.5 Å². The maximum atomic E-state index is 12.1. The Labute approximate surface area is 224 Å². The first-order chi connectivity index (χ1) is 18.4. The second-order valence-electron chi connectivity index (χ2n) is 9.83. The molecule has 8 nitrogen and oxygen atoms in total. The molecule has 8 heteroatoms. The Balaban J connectivity index is 1.72. The molecule has 1 N–H and O–H groups in total. The summed E-state index contributed by atoms with van der Waals surface area (Å²) >= 11 is 0. The van der Waals surface area contributed by atoms with Gasteiger partial charge < -0.3 is 33.5 Å². The molecule has 1 saturated heterocycles. The van der Waals surface area contributed by atoms with E-state index in [-0.39, 0.29) is 17.9 Å². The number of carbonyl (C=O) groups is 1. The minimum Gasteiger partial charge on any atom is -0.493 e. The van der Waals surface area contributed by atoms with Crippen molar-refractivity contribution in [1.82, 2.24) is 0 Å². The molecule has 206 valence electrons. The van der Waals surface area contributed by atoms with Crippen LogP contribution in [0.2, 0.25) is 0 Å². The van der Waals surface area contributed by atoms with Gasteiger partial charge in [0.2, 0.25) is 5.75 Å². The first kappa shape index (κ1) is 27.6. The molecule has 1 aliphatic carbocycles. The molecule has 0 unspecified atom stereocenters. The zero-order chi connectivity index (χ0) is 27.2. The molecule has 0 bridgehead atoms. The highest BCUT2D eigenvalue weighted by Gasteiger charge is 2.40. The van der Waals surface area contributed by atoms with Crippen LogP contribution in [0.4, 0.5) is 0 Å². The van der Waals surface area contributed by atoms with Crippen molar-refractivity contribution in [2.45, 2.75) is 44.6 Å². The zero-order valence-electron chi connectivity index (χ0n) is 22.9. The number of ether oxygens (including phenoxy) is 6. The van der Waals surface area contributed by atoms with Gasteiger partial charge in [0.15, 0.2) is 23.0 Å². The molecule has 2 aromatic rings. The topological polar surface area (TPSA) is 92.7 Å². The van der Waals surface area contributed by atoms with Crippen molar-refractivity contribution in [2.75, 3.05) is 42.2 Å². The van der Waals surface area contributed by atoms with Crippen molar-refractivity contribution in [3.05, 3.63) is 52.6 Å². The van der Waals surface area contributed by atoms with E-state index in [9.17, 15) is 9.90 Å². The lowest BCUT2D eigenvalue weighted by Crippen LogP contribution is -2.21. The first-order valence-corrected chi connectivity index (χ1v) is 13.0. The van der Waals surface area contributed by atoms with Crippen molar-refractivity contribution in [3.8, 4) is 28.7 Å². The van der Waals surface area contributed by atoms with E-state index in [0.29, 0.717) is 53.8 Å². The van der Waals surface area contributed by atoms with Crippen LogP contribution in [0.25, 0.3) is 0 Å². The average Bonchev–Trinajstić information content (AvgIpc) is 3.33. The SMILES string of the molecule is COc1ccc(C[C@H]2CO[C@H](c3cc(OC)c(OC)c(OC)c3)[C@@H]2CC2=C(C(=O)O)CCCC2)cc1OC. The van der Waals surface area contributed by atoms with Crippen LogP contribution >= 0.6 is 0 Å². The summed E-state index contributed by atoms with van der Waals surface area (Å²) in [5, 5.41) is 9.91. The van der Waals surface area contributed by atoms with Crippen LogP contribution in [-0.4, -0.2) is 53.2 Å². The molecule has 0 radical (unpaired) electrons. The molecule has 1 fully saturated rings. The first-order valence-electron chi connectivity index (χ1n) is 13.0. The Hall–Kier alpha value is -3.39. The quantitative estimate of drug-likeness (QED) is 0.403. The lowest BCUT2D eigenvalue weighted by atomic mass is 9.76. The molecule has 0 spiro atoms. The maximum Gasteiger partial charge on any atom is 0.331 e. The minimum absolute atomic E-state index is 0.0633. The molecule has 2 aromatic carbocycles. The monoisotopic (exact) mass is 526 g/mol. The van der Waals surface area contributed by atoms with Gasteiger partial charge in [0.25, 0.3) is 0 Å². The fourth-order valence-electron chi connectivity index (χ4n) is 5.86. The van der Waals surface area contributed by atoms with Gasteiger partial charge in [-0.2, -0.15) is 0 Å². The fraction of sp³-hybridized carbons (Fsp3) is 0.500. The van der Waals surface area contributed by atoms with Crippen LogP contribution in [0.1, 0.15) is 49.3 Å². The summed E-state index contributed by atoms with van der Waals surface area (Å²) in [6, 6.07) is 9.84. The molecular weight excluding hydrogens is 488 g/mol. The van der Waals surface area contributed by atoms with Gasteiger partial charge in [-0.3, -0.25) is 0 Å². The van der Waals surface area contributed by atoms with Crippen molar-refractivity contribution in [2.24, 2.45) is 11.8 Å². The van der Waals surface area contributed by atoms with E-state index < -0.39 is 5.97 Å². The fourth-order valence-corrected chi connectivity index (χ4v) is 5.86. The van der Waals surface area contributed by atoms with E-state index >= 15 is 0 Å². The molecule has 0 saturated carbocycles. The van der Waals surface area contributed by atoms with Gasteiger partial charge in [-0.05, 0) is 85.8 Å². The minimum atomic E-state index is -0.806. The van der Waals surface area contributed by atoms with Crippen LogP contribution in [0.15, 0.2) is 41.5 Å². The normalized spacial score (nSPS) is 21.2. The van der Waals surface area contributed by atoms with Crippen molar-refractivity contribution in [3.63, 3.8) is 0 Å². The van der Waals surface area contributed by atoms with Crippen LogP contribution in [0, 0.1) is 11.8 Å². The molecular formula is C30H38O8. The Morgan fingerprint density at radius 2 is 1.50 bits per heavy atom. The van der Waals surface area contributed by atoms with Gasteiger partial charge in [0, 0.05) is 5.57 Å². The third kappa shape index (κ3) is 5.70. The second-order valence-corrected chi connectivity index (χ2v) is 9.83. The van der Waals surface area contributed by atoms with Crippen LogP contribution in [-0.2, 0) is 16.0 Å². The van der Waals surface area contributed by atoms with Crippen molar-refractivity contribution >= 4 is 5.97 Å². The van der Waals surface area contributed by atoms with Gasteiger partial charge in [-0.25, -0.2) is 4.79 Å². The molecule has 1 heterocycles. The number of aliphatic carboxylic acids is 1. The van der Waals surface area contributed by atoms with Crippen LogP contribution < -0.4 is 23.7 Å². The number of rotatable bonds is 11. The number of methoxy groups -OCH3 is 5. The van der Waals surface area contributed by atoms with E-state index in [4.69, 9.17) is 28.4 Å². The van der Waals surface area contributed by atoms with Gasteiger partial charge in [-0.1, -0.05) is 11.6 Å². The summed E-state index contributed by atoms with van der Waals surface area (Å²) in [6.45, 7) is 0.552. The molecule has 3 atom stereocenters. The Kier molecular flexibility index (Phi) is 9.05. The lowest BCUT2D eigenvalue weighted by molar-refractivity contribution is -0.133. The van der Waals surface area contributed by atoms with Crippen LogP contribution in [0.3, 0.4) is 0 Å². The van der Waals surface area contributed by atoms with E-state index in [0.717, 1.165) is 42.4 Å². The lowest BCUT2D eigenvalue weighted by Gasteiger charge is -2.28. The number of carboxylic acids is 1. The third-order valence-corrected chi connectivity index (χ3v) is 7.77. The largest absolute Gasteiger partial charge is 0.493 e. The maximum absolute atomic E-state index is 12.1. The number of benzene rings is 2. The summed E-state index contributed by atoms with van der Waals surface area (Å²) in [7, 11) is 8.03. The smallest absolute Gasteiger partial charge is 0.331 e. The van der Waals surface area contributed by atoms with Gasteiger partial charge in [0.1, 0.15) is 0 Å². The molecule has 0 amide bonds. The predicted molar refractivity (Wildman–Crippen MR) is 143 cm³/mol.